The third-order valence-electron chi connectivity index (χ3n) is 3.02. The summed E-state index contributed by atoms with van der Waals surface area (Å²) in [6.07, 6.45) is 8.34. The molecule has 1 N–H and O–H groups in total. The summed E-state index contributed by atoms with van der Waals surface area (Å²) in [5.74, 6) is 0. The summed E-state index contributed by atoms with van der Waals surface area (Å²) in [4.78, 5) is 6.63. The zero-order chi connectivity index (χ0) is 10.5. The van der Waals surface area contributed by atoms with E-state index < -0.39 is 0 Å². The minimum Gasteiger partial charge on any atom is -0.395 e. The smallest absolute Gasteiger partial charge is 0.185 e. The Kier molecular flexibility index (Phi) is 3.97. The molecule has 4 heteroatoms. The number of hydrogen-bond acceptors (Lipinski definition) is 4. The summed E-state index contributed by atoms with van der Waals surface area (Å²) >= 11 is 1.67. The zero-order valence-corrected chi connectivity index (χ0v) is 9.75. The van der Waals surface area contributed by atoms with Gasteiger partial charge >= 0.3 is 0 Å². The van der Waals surface area contributed by atoms with Gasteiger partial charge in [-0.05, 0) is 12.8 Å². The van der Waals surface area contributed by atoms with Gasteiger partial charge in [0.25, 0.3) is 0 Å². The van der Waals surface area contributed by atoms with Crippen LogP contribution < -0.4 is 4.90 Å². The fourth-order valence-electron chi connectivity index (χ4n) is 2.29. The number of aliphatic hydroxyl groups is 1. The number of aliphatic hydroxyl groups excluding tert-OH is 1. The molecule has 1 aliphatic rings. The molecule has 1 fully saturated rings. The second kappa shape index (κ2) is 5.47. The second-order valence-electron chi connectivity index (χ2n) is 4.02. The normalized spacial score (nSPS) is 17.9. The van der Waals surface area contributed by atoms with E-state index in [0.29, 0.717) is 6.04 Å². The van der Waals surface area contributed by atoms with Crippen LogP contribution in [0.1, 0.15) is 32.1 Å². The van der Waals surface area contributed by atoms with Crippen molar-refractivity contribution in [2.45, 2.75) is 38.1 Å². The van der Waals surface area contributed by atoms with E-state index in [1.54, 1.807) is 11.3 Å². The Balaban J connectivity index is 2.04. The summed E-state index contributed by atoms with van der Waals surface area (Å²) in [7, 11) is 0. The number of hydrogen-bond donors (Lipinski definition) is 1. The molecular formula is C11H18N2OS. The van der Waals surface area contributed by atoms with Crippen LogP contribution in [0.2, 0.25) is 0 Å². The number of nitrogens with zero attached hydrogens (tertiary/aromatic N) is 2. The highest BCUT2D eigenvalue weighted by atomic mass is 32.1. The molecule has 3 nitrogen and oxygen atoms in total. The molecule has 0 aliphatic heterocycles. The lowest BCUT2D eigenvalue weighted by molar-refractivity contribution is 0.290. The van der Waals surface area contributed by atoms with Gasteiger partial charge in [0.1, 0.15) is 0 Å². The van der Waals surface area contributed by atoms with Gasteiger partial charge in [0.15, 0.2) is 5.13 Å². The van der Waals surface area contributed by atoms with Crippen molar-refractivity contribution in [1.29, 1.82) is 0 Å². The summed E-state index contributed by atoms with van der Waals surface area (Å²) in [5, 5.41) is 12.2. The Hall–Kier alpha value is -0.610. The van der Waals surface area contributed by atoms with E-state index in [-0.39, 0.29) is 6.61 Å². The van der Waals surface area contributed by atoms with Crippen molar-refractivity contribution in [2.24, 2.45) is 0 Å². The quantitative estimate of drug-likeness (QED) is 0.855. The molecule has 0 aromatic carbocycles. The molecule has 1 heterocycles. The van der Waals surface area contributed by atoms with Gasteiger partial charge in [0.05, 0.1) is 6.61 Å². The van der Waals surface area contributed by atoms with Crippen molar-refractivity contribution in [3.8, 4) is 0 Å². The molecule has 1 saturated carbocycles. The van der Waals surface area contributed by atoms with E-state index in [1.807, 2.05) is 11.6 Å². The van der Waals surface area contributed by atoms with Crippen molar-refractivity contribution in [2.75, 3.05) is 18.1 Å². The van der Waals surface area contributed by atoms with Crippen LogP contribution in [0.15, 0.2) is 11.6 Å². The monoisotopic (exact) mass is 226 g/mol. The fraction of sp³-hybridized carbons (Fsp3) is 0.727. The maximum Gasteiger partial charge on any atom is 0.185 e. The molecule has 2 rings (SSSR count). The highest BCUT2D eigenvalue weighted by molar-refractivity contribution is 7.13. The zero-order valence-electron chi connectivity index (χ0n) is 8.93. The van der Waals surface area contributed by atoms with E-state index in [0.717, 1.165) is 11.7 Å². The largest absolute Gasteiger partial charge is 0.395 e. The molecular weight excluding hydrogens is 208 g/mol. The summed E-state index contributed by atoms with van der Waals surface area (Å²) in [6, 6.07) is 0.594. The first kappa shape index (κ1) is 10.9. The average Bonchev–Trinajstić information content (AvgIpc) is 2.80. The maximum absolute atomic E-state index is 9.10. The highest BCUT2D eigenvalue weighted by Crippen LogP contribution is 2.28. The third-order valence-corrected chi connectivity index (χ3v) is 3.83. The van der Waals surface area contributed by atoms with E-state index in [4.69, 9.17) is 5.11 Å². The molecule has 1 aliphatic carbocycles. The van der Waals surface area contributed by atoms with Crippen LogP contribution in [-0.4, -0.2) is 29.3 Å². The van der Waals surface area contributed by atoms with E-state index in [2.05, 4.69) is 9.88 Å². The van der Waals surface area contributed by atoms with Gasteiger partial charge < -0.3 is 10.0 Å². The maximum atomic E-state index is 9.10. The lowest BCUT2D eigenvalue weighted by Crippen LogP contribution is -2.38. The van der Waals surface area contributed by atoms with Crippen molar-refractivity contribution < 1.29 is 5.11 Å². The molecule has 0 spiro atoms. The van der Waals surface area contributed by atoms with Gasteiger partial charge in [-0.25, -0.2) is 4.98 Å². The van der Waals surface area contributed by atoms with Gasteiger partial charge in [-0.15, -0.1) is 11.3 Å². The Morgan fingerprint density at radius 3 is 2.80 bits per heavy atom. The first-order valence-electron chi connectivity index (χ1n) is 5.69. The molecule has 0 unspecified atom stereocenters. The molecule has 0 bridgehead atoms. The highest BCUT2D eigenvalue weighted by Gasteiger charge is 2.22. The Morgan fingerprint density at radius 1 is 1.40 bits per heavy atom. The Bertz CT molecular complexity index is 270. The van der Waals surface area contributed by atoms with Crippen LogP contribution in [0, 0.1) is 0 Å². The SMILES string of the molecule is OCCN(c1nccs1)C1CCCCC1. The van der Waals surface area contributed by atoms with Crippen LogP contribution in [0.5, 0.6) is 0 Å². The van der Waals surface area contributed by atoms with Crippen molar-refractivity contribution >= 4 is 16.5 Å². The molecule has 0 saturated heterocycles. The van der Waals surface area contributed by atoms with Crippen molar-refractivity contribution in [3.63, 3.8) is 0 Å². The minimum absolute atomic E-state index is 0.218. The van der Waals surface area contributed by atoms with Crippen molar-refractivity contribution in [1.82, 2.24) is 4.98 Å². The van der Waals surface area contributed by atoms with Crippen LogP contribution in [0.4, 0.5) is 5.13 Å². The number of anilines is 1. The van der Waals surface area contributed by atoms with Crippen LogP contribution in [-0.2, 0) is 0 Å². The van der Waals surface area contributed by atoms with E-state index >= 15 is 0 Å². The Morgan fingerprint density at radius 2 is 2.20 bits per heavy atom. The fourth-order valence-corrected chi connectivity index (χ4v) is 3.03. The summed E-state index contributed by atoms with van der Waals surface area (Å²) in [6.45, 7) is 0.939. The molecule has 15 heavy (non-hydrogen) atoms. The summed E-state index contributed by atoms with van der Waals surface area (Å²) in [5.41, 5.74) is 0. The number of rotatable bonds is 4. The molecule has 1 aromatic rings. The van der Waals surface area contributed by atoms with E-state index in [1.165, 1.54) is 32.1 Å². The minimum atomic E-state index is 0.218. The number of thiazole rings is 1. The van der Waals surface area contributed by atoms with Crippen LogP contribution in [0.25, 0.3) is 0 Å². The standard InChI is InChI=1S/C11H18N2OS/c14-8-7-13(11-12-6-9-15-11)10-4-2-1-3-5-10/h6,9-10,14H,1-5,7-8H2. The molecule has 0 radical (unpaired) electrons. The summed E-state index contributed by atoms with van der Waals surface area (Å²) < 4.78 is 0. The molecule has 0 amide bonds. The molecule has 0 atom stereocenters. The van der Waals surface area contributed by atoms with Gasteiger partial charge in [-0.3, -0.25) is 0 Å². The van der Waals surface area contributed by atoms with Gasteiger partial charge in [0, 0.05) is 24.2 Å². The predicted octanol–water partition coefficient (Wildman–Crippen LogP) is 2.27. The third kappa shape index (κ3) is 2.69. The van der Waals surface area contributed by atoms with Gasteiger partial charge in [0.2, 0.25) is 0 Å². The molecule has 84 valence electrons. The lowest BCUT2D eigenvalue weighted by atomic mass is 9.94. The first-order valence-corrected chi connectivity index (χ1v) is 6.57. The second-order valence-corrected chi connectivity index (χ2v) is 4.90. The molecule has 1 aromatic heterocycles. The lowest BCUT2D eigenvalue weighted by Gasteiger charge is -2.33. The van der Waals surface area contributed by atoms with Crippen LogP contribution in [0.3, 0.4) is 0 Å². The Labute approximate surface area is 94.8 Å². The first-order chi connectivity index (χ1) is 7.42. The van der Waals surface area contributed by atoms with Crippen LogP contribution >= 0.6 is 11.3 Å². The van der Waals surface area contributed by atoms with Crippen molar-refractivity contribution in [3.05, 3.63) is 11.6 Å². The van der Waals surface area contributed by atoms with E-state index in [9.17, 15) is 0 Å². The number of aromatic nitrogens is 1. The van der Waals surface area contributed by atoms with Gasteiger partial charge in [-0.2, -0.15) is 0 Å². The van der Waals surface area contributed by atoms with Gasteiger partial charge in [-0.1, -0.05) is 19.3 Å². The topological polar surface area (TPSA) is 36.4 Å². The average molecular weight is 226 g/mol. The predicted molar refractivity (Wildman–Crippen MR) is 63.4 cm³/mol.